The van der Waals surface area contributed by atoms with Crippen molar-refractivity contribution in [3.05, 3.63) is 52.1 Å². The molecular weight excluding hydrogens is 408 g/mol. The number of hydrogen-bond donors (Lipinski definition) is 3. The number of carbonyl (C=O) groups excluding carboxylic acids is 3. The van der Waals surface area contributed by atoms with Crippen LogP contribution in [0.15, 0.2) is 18.2 Å². The van der Waals surface area contributed by atoms with Crippen molar-refractivity contribution in [1.82, 2.24) is 10.3 Å². The molecule has 30 heavy (non-hydrogen) atoms. The number of rotatable bonds is 7. The molecule has 11 heteroatoms. The van der Waals surface area contributed by atoms with Gasteiger partial charge in [-0.25, -0.2) is 17.6 Å². The molecule has 1 aromatic heterocycles. The van der Waals surface area contributed by atoms with Gasteiger partial charge in [-0.15, -0.1) is 0 Å². The van der Waals surface area contributed by atoms with E-state index in [4.69, 9.17) is 5.26 Å². The van der Waals surface area contributed by atoms with Gasteiger partial charge in [-0.1, -0.05) is 0 Å². The molecule has 1 heterocycles. The summed E-state index contributed by atoms with van der Waals surface area (Å²) in [6.07, 6.45) is -3.20. The summed E-state index contributed by atoms with van der Waals surface area (Å²) in [5.74, 6) is -4.18. The molecular formula is C19H16F4N4O3. The molecule has 0 fully saturated rings. The van der Waals surface area contributed by atoms with E-state index in [2.05, 4.69) is 10.3 Å². The number of halogens is 4. The van der Waals surface area contributed by atoms with Gasteiger partial charge in [0.25, 0.3) is 24.0 Å². The van der Waals surface area contributed by atoms with Crippen molar-refractivity contribution in [3.63, 3.8) is 0 Å². The fourth-order valence-electron chi connectivity index (χ4n) is 2.72. The van der Waals surface area contributed by atoms with Crippen LogP contribution in [0, 0.1) is 31.0 Å². The van der Waals surface area contributed by atoms with Gasteiger partial charge in [-0.2, -0.15) is 5.26 Å². The minimum atomic E-state index is -3.20. The molecule has 0 radical (unpaired) electrons. The maximum atomic E-state index is 13.4. The van der Waals surface area contributed by atoms with Crippen LogP contribution < -0.4 is 10.6 Å². The molecule has 2 amide bonds. The Morgan fingerprint density at radius 3 is 2.47 bits per heavy atom. The number of aryl methyl sites for hydroxylation is 1. The normalized spacial score (nSPS) is 11.7. The summed E-state index contributed by atoms with van der Waals surface area (Å²) in [4.78, 5) is 39.3. The van der Waals surface area contributed by atoms with Gasteiger partial charge in [-0.05, 0) is 37.6 Å². The first-order valence-electron chi connectivity index (χ1n) is 8.50. The van der Waals surface area contributed by atoms with Crippen molar-refractivity contribution in [3.8, 4) is 6.07 Å². The summed E-state index contributed by atoms with van der Waals surface area (Å²) >= 11 is 0. The van der Waals surface area contributed by atoms with E-state index in [9.17, 15) is 31.9 Å². The monoisotopic (exact) mass is 424 g/mol. The third-order valence-electron chi connectivity index (χ3n) is 4.23. The lowest BCUT2D eigenvalue weighted by atomic mass is 10.1. The van der Waals surface area contributed by atoms with Gasteiger partial charge in [0.2, 0.25) is 0 Å². The van der Waals surface area contributed by atoms with E-state index < -0.39 is 42.6 Å². The van der Waals surface area contributed by atoms with E-state index in [0.29, 0.717) is 0 Å². The largest absolute Gasteiger partial charge is 0.355 e. The first-order valence-corrected chi connectivity index (χ1v) is 8.50. The highest BCUT2D eigenvalue weighted by molar-refractivity contribution is 6.43. The van der Waals surface area contributed by atoms with Crippen LogP contribution in [0.1, 0.15) is 37.7 Å². The van der Waals surface area contributed by atoms with Gasteiger partial charge in [0, 0.05) is 11.4 Å². The number of carbonyl (C=O) groups is 3. The minimum Gasteiger partial charge on any atom is -0.355 e. The molecule has 1 unspecified atom stereocenters. The molecule has 0 bridgehead atoms. The van der Waals surface area contributed by atoms with Crippen molar-refractivity contribution in [1.29, 1.82) is 5.26 Å². The van der Waals surface area contributed by atoms with Crippen LogP contribution in [-0.4, -0.2) is 41.7 Å². The highest BCUT2D eigenvalue weighted by Crippen LogP contribution is 2.21. The molecule has 0 aliphatic carbocycles. The number of anilines is 1. The van der Waals surface area contributed by atoms with Crippen LogP contribution in [0.2, 0.25) is 0 Å². The standard InChI is InChI=1S/C19H16F4N4O3/c1-8-14(18(29)26-11-3-4-12(21)10(5-11)7-24)9(2)25-15(8)16(28)19(30)27-13(6-20)17(22)23/h3-5,13,17,25H,6H2,1-2H3,(H,26,29)(H,27,30). The smallest absolute Gasteiger partial charge is 0.294 e. The molecule has 158 valence electrons. The number of H-pyrrole nitrogens is 1. The maximum Gasteiger partial charge on any atom is 0.294 e. The summed E-state index contributed by atoms with van der Waals surface area (Å²) < 4.78 is 51.2. The number of ketones is 1. The number of benzene rings is 1. The Bertz CT molecular complexity index is 1040. The number of nitrogens with zero attached hydrogens (tertiary/aromatic N) is 1. The molecule has 0 aliphatic rings. The lowest BCUT2D eigenvalue weighted by Gasteiger charge is -2.13. The predicted molar refractivity (Wildman–Crippen MR) is 97.6 cm³/mol. The van der Waals surface area contributed by atoms with Crippen LogP contribution in [0.4, 0.5) is 23.2 Å². The van der Waals surface area contributed by atoms with Crippen molar-refractivity contribution in [2.75, 3.05) is 12.0 Å². The third-order valence-corrected chi connectivity index (χ3v) is 4.23. The summed E-state index contributed by atoms with van der Waals surface area (Å²) in [6, 6.07) is 2.84. The van der Waals surface area contributed by atoms with Crippen LogP contribution >= 0.6 is 0 Å². The summed E-state index contributed by atoms with van der Waals surface area (Å²) in [7, 11) is 0. The average Bonchev–Trinajstić information content (AvgIpc) is 3.00. The second kappa shape index (κ2) is 9.21. The number of alkyl halides is 3. The fraction of sp³-hybridized carbons (Fsp3) is 0.263. The first-order chi connectivity index (χ1) is 14.1. The summed E-state index contributed by atoms with van der Waals surface area (Å²) in [6.45, 7) is 1.23. The van der Waals surface area contributed by atoms with Gasteiger partial charge in [0.05, 0.1) is 16.8 Å². The number of Topliss-reactive ketones (excluding diaryl/α,β-unsaturated/α-hetero) is 1. The molecule has 0 saturated heterocycles. The fourth-order valence-corrected chi connectivity index (χ4v) is 2.72. The second-order valence-electron chi connectivity index (χ2n) is 6.28. The van der Waals surface area contributed by atoms with Gasteiger partial charge in [0.15, 0.2) is 0 Å². The SMILES string of the molecule is Cc1[nH]c(C(=O)C(=O)NC(CF)C(F)F)c(C)c1C(=O)Nc1ccc(F)c(C#N)c1. The van der Waals surface area contributed by atoms with E-state index in [1.807, 2.05) is 0 Å². The number of hydrogen-bond acceptors (Lipinski definition) is 4. The Morgan fingerprint density at radius 2 is 1.90 bits per heavy atom. The molecule has 0 saturated carbocycles. The van der Waals surface area contributed by atoms with Crippen molar-refractivity contribution < 1.29 is 31.9 Å². The maximum absolute atomic E-state index is 13.4. The Morgan fingerprint density at radius 1 is 1.23 bits per heavy atom. The van der Waals surface area contributed by atoms with E-state index >= 15 is 0 Å². The van der Waals surface area contributed by atoms with E-state index in [1.165, 1.54) is 19.9 Å². The zero-order valence-electron chi connectivity index (χ0n) is 15.8. The molecule has 2 aromatic rings. The topological polar surface area (TPSA) is 115 Å². The quantitative estimate of drug-likeness (QED) is 0.360. The van der Waals surface area contributed by atoms with Crippen molar-refractivity contribution >= 4 is 23.3 Å². The zero-order chi connectivity index (χ0) is 22.6. The summed E-state index contributed by atoms with van der Waals surface area (Å²) in [5.41, 5.74) is -0.249. The minimum absolute atomic E-state index is 0.00937. The van der Waals surface area contributed by atoms with Gasteiger partial charge in [-0.3, -0.25) is 14.4 Å². The van der Waals surface area contributed by atoms with E-state index in [0.717, 1.165) is 12.1 Å². The number of nitrogens with one attached hydrogen (secondary N) is 3. The van der Waals surface area contributed by atoms with Crippen molar-refractivity contribution in [2.24, 2.45) is 0 Å². The molecule has 1 aromatic carbocycles. The molecule has 3 N–H and O–H groups in total. The Labute approximate surface area is 168 Å². The third kappa shape index (κ3) is 4.65. The molecule has 0 aliphatic heterocycles. The molecule has 1 atom stereocenters. The van der Waals surface area contributed by atoms with Crippen LogP contribution in [0.5, 0.6) is 0 Å². The van der Waals surface area contributed by atoms with E-state index in [-0.39, 0.29) is 33.8 Å². The average molecular weight is 424 g/mol. The number of aromatic nitrogens is 1. The number of aromatic amines is 1. The number of amides is 2. The molecule has 7 nitrogen and oxygen atoms in total. The van der Waals surface area contributed by atoms with Crippen LogP contribution in [0.25, 0.3) is 0 Å². The molecule has 2 rings (SSSR count). The highest BCUT2D eigenvalue weighted by Gasteiger charge is 2.30. The van der Waals surface area contributed by atoms with E-state index in [1.54, 1.807) is 11.4 Å². The Balaban J connectivity index is 2.26. The predicted octanol–water partition coefficient (Wildman–Crippen LogP) is 2.80. The molecule has 0 spiro atoms. The first kappa shape index (κ1) is 22.6. The van der Waals surface area contributed by atoms with Gasteiger partial charge in [0.1, 0.15) is 24.6 Å². The van der Waals surface area contributed by atoms with Crippen LogP contribution in [0.3, 0.4) is 0 Å². The lowest BCUT2D eigenvalue weighted by molar-refractivity contribution is -0.119. The Kier molecular flexibility index (Phi) is 6.94. The summed E-state index contributed by atoms with van der Waals surface area (Å²) in [5, 5.41) is 12.9. The van der Waals surface area contributed by atoms with Crippen molar-refractivity contribution in [2.45, 2.75) is 26.3 Å². The Hall–Kier alpha value is -3.68. The lowest BCUT2D eigenvalue weighted by Crippen LogP contribution is -2.44. The zero-order valence-corrected chi connectivity index (χ0v) is 15.8. The van der Waals surface area contributed by atoms with Gasteiger partial charge < -0.3 is 15.6 Å². The highest BCUT2D eigenvalue weighted by atomic mass is 19.3. The number of nitriles is 1. The second-order valence-corrected chi connectivity index (χ2v) is 6.28. The van der Waals surface area contributed by atoms with Crippen LogP contribution in [-0.2, 0) is 4.79 Å². The van der Waals surface area contributed by atoms with Gasteiger partial charge >= 0.3 is 0 Å².